The number of amides is 2. The molecule has 0 saturated carbocycles. The molecule has 0 saturated heterocycles. The second-order valence-electron chi connectivity index (χ2n) is 8.92. The molecule has 6 nitrogen and oxygen atoms in total. The fourth-order valence-corrected chi connectivity index (χ4v) is 4.83. The third-order valence-electron chi connectivity index (χ3n) is 6.49. The molecular weight excluding hydrogens is 505 g/mol. The Hall–Kier alpha value is -3.85. The first-order valence-electron chi connectivity index (χ1n) is 11.6. The number of alkyl halides is 3. The summed E-state index contributed by atoms with van der Waals surface area (Å²) in [7, 11) is 0. The zero-order valence-corrected chi connectivity index (χ0v) is 20.4. The van der Waals surface area contributed by atoms with E-state index in [1.807, 2.05) is 61.5 Å². The topological polar surface area (TPSA) is 67.2 Å². The van der Waals surface area contributed by atoms with Crippen LogP contribution < -0.4 is 5.32 Å². The summed E-state index contributed by atoms with van der Waals surface area (Å²) in [5.41, 5.74) is 1.20. The molecule has 0 fully saturated rings. The minimum Gasteiger partial charge on any atom is -0.327 e. The third-order valence-corrected chi connectivity index (χ3v) is 6.82. The number of benzene rings is 3. The van der Waals surface area contributed by atoms with Gasteiger partial charge in [0.15, 0.2) is 0 Å². The van der Waals surface area contributed by atoms with E-state index in [0.29, 0.717) is 23.4 Å². The summed E-state index contributed by atoms with van der Waals surface area (Å²) >= 11 is 6.06. The van der Waals surface area contributed by atoms with Crippen LogP contribution in [0.25, 0.3) is 11.0 Å². The lowest BCUT2D eigenvalue weighted by molar-refractivity contribution is -0.142. The van der Waals surface area contributed by atoms with Gasteiger partial charge in [-0.05, 0) is 42.8 Å². The van der Waals surface area contributed by atoms with Gasteiger partial charge in [0.2, 0.25) is 11.8 Å². The van der Waals surface area contributed by atoms with Gasteiger partial charge in [-0.15, -0.1) is 0 Å². The average molecular weight is 527 g/mol. The van der Waals surface area contributed by atoms with Gasteiger partial charge in [0.05, 0.1) is 39.8 Å². The van der Waals surface area contributed by atoms with Crippen molar-refractivity contribution in [3.8, 4) is 0 Å². The molecule has 10 heteroatoms. The molecular formula is C27H22ClF3N4O2. The molecule has 3 aromatic carbocycles. The van der Waals surface area contributed by atoms with E-state index in [2.05, 4.69) is 5.32 Å². The monoisotopic (exact) mass is 526 g/mol. The molecule has 5 rings (SSSR count). The molecule has 0 aliphatic carbocycles. The van der Waals surface area contributed by atoms with E-state index in [4.69, 9.17) is 16.6 Å². The Bertz CT molecular complexity index is 1490. The highest BCUT2D eigenvalue weighted by Gasteiger charge is 2.40. The Morgan fingerprint density at radius 1 is 1.05 bits per heavy atom. The lowest BCUT2D eigenvalue weighted by Crippen LogP contribution is -2.45. The number of para-hydroxylation sites is 2. The summed E-state index contributed by atoms with van der Waals surface area (Å²) < 4.78 is 41.3. The third kappa shape index (κ3) is 4.79. The zero-order chi connectivity index (χ0) is 26.3. The van der Waals surface area contributed by atoms with Gasteiger partial charge in [-0.1, -0.05) is 54.1 Å². The zero-order valence-electron chi connectivity index (χ0n) is 19.7. The SMILES string of the molecule is C[C@@H]1c2nc3ccccc3n2[C@H](CC(=O)Nc2cc(C(F)(F)F)ccc2Cl)C(=O)N1Cc1ccccc1. The number of anilines is 1. The smallest absolute Gasteiger partial charge is 0.327 e. The molecule has 37 heavy (non-hydrogen) atoms. The minimum absolute atomic E-state index is 0.0376. The molecule has 0 bridgehead atoms. The summed E-state index contributed by atoms with van der Waals surface area (Å²) in [4.78, 5) is 33.3. The van der Waals surface area contributed by atoms with Crippen molar-refractivity contribution in [1.82, 2.24) is 14.5 Å². The van der Waals surface area contributed by atoms with E-state index < -0.39 is 23.7 Å². The maximum Gasteiger partial charge on any atom is 0.416 e. The second-order valence-corrected chi connectivity index (χ2v) is 9.32. The standard InChI is InChI=1S/C27H22ClF3N4O2/c1-16-25-33-20-9-5-6-10-22(20)35(25)23(26(37)34(16)15-17-7-3-2-4-8-17)14-24(36)32-21-13-18(27(29,30)31)11-12-19(21)28/h2-13,16,23H,14-15H2,1H3,(H,32,36)/t16-,23-/m1/s1. The molecule has 2 amide bonds. The molecule has 1 aromatic heterocycles. The highest BCUT2D eigenvalue weighted by molar-refractivity contribution is 6.33. The quantitative estimate of drug-likeness (QED) is 0.328. The van der Waals surface area contributed by atoms with Crippen molar-refractivity contribution >= 4 is 40.1 Å². The van der Waals surface area contributed by atoms with Gasteiger partial charge < -0.3 is 14.8 Å². The van der Waals surface area contributed by atoms with Crippen molar-refractivity contribution in [3.05, 3.63) is 94.8 Å². The number of carbonyl (C=O) groups excluding carboxylic acids is 2. The average Bonchev–Trinajstić information content (AvgIpc) is 3.25. The normalized spacial score (nSPS) is 17.6. The summed E-state index contributed by atoms with van der Waals surface area (Å²) in [6, 6.07) is 18.2. The number of carbonyl (C=O) groups is 2. The van der Waals surface area contributed by atoms with E-state index in [9.17, 15) is 22.8 Å². The van der Waals surface area contributed by atoms with Crippen LogP contribution in [0.1, 0.15) is 42.4 Å². The van der Waals surface area contributed by atoms with E-state index in [1.54, 1.807) is 9.47 Å². The van der Waals surface area contributed by atoms with Crippen LogP contribution in [0.4, 0.5) is 18.9 Å². The van der Waals surface area contributed by atoms with E-state index in [-0.39, 0.29) is 29.1 Å². The second kappa shape index (κ2) is 9.55. The number of nitrogens with one attached hydrogen (secondary N) is 1. The van der Waals surface area contributed by atoms with Gasteiger partial charge in [-0.2, -0.15) is 13.2 Å². The van der Waals surface area contributed by atoms with E-state index in [0.717, 1.165) is 23.8 Å². The Kier molecular flexibility index (Phi) is 6.41. The number of fused-ring (bicyclic) bond motifs is 3. The number of hydrogen-bond acceptors (Lipinski definition) is 3. The van der Waals surface area contributed by atoms with Gasteiger partial charge >= 0.3 is 6.18 Å². The predicted octanol–water partition coefficient (Wildman–Crippen LogP) is 6.38. The molecule has 1 aliphatic heterocycles. The van der Waals surface area contributed by atoms with Crippen LogP contribution in [-0.4, -0.2) is 26.3 Å². The maximum absolute atomic E-state index is 13.8. The fraction of sp³-hybridized carbons (Fsp3) is 0.222. The number of hydrogen-bond donors (Lipinski definition) is 1. The fourth-order valence-electron chi connectivity index (χ4n) is 4.67. The predicted molar refractivity (Wildman–Crippen MR) is 134 cm³/mol. The Balaban J connectivity index is 1.49. The lowest BCUT2D eigenvalue weighted by Gasteiger charge is -2.38. The van der Waals surface area contributed by atoms with Gasteiger partial charge in [0, 0.05) is 6.54 Å². The van der Waals surface area contributed by atoms with Crippen molar-refractivity contribution < 1.29 is 22.8 Å². The molecule has 0 spiro atoms. The first-order valence-corrected chi connectivity index (χ1v) is 12.0. The molecule has 1 N–H and O–H groups in total. The maximum atomic E-state index is 13.8. The lowest BCUT2D eigenvalue weighted by atomic mass is 10.0. The van der Waals surface area contributed by atoms with Crippen LogP contribution in [-0.2, 0) is 22.3 Å². The number of nitrogens with zero attached hydrogens (tertiary/aromatic N) is 3. The Labute approximate surface area is 215 Å². The molecule has 190 valence electrons. The molecule has 0 radical (unpaired) electrons. The van der Waals surface area contributed by atoms with Crippen LogP contribution in [0.15, 0.2) is 72.8 Å². The van der Waals surface area contributed by atoms with Crippen molar-refractivity contribution in [2.75, 3.05) is 5.32 Å². The number of aromatic nitrogens is 2. The first-order chi connectivity index (χ1) is 17.6. The number of imidazole rings is 1. The summed E-state index contributed by atoms with van der Waals surface area (Å²) in [5, 5.41) is 2.42. The van der Waals surface area contributed by atoms with Crippen molar-refractivity contribution in [3.63, 3.8) is 0 Å². The largest absolute Gasteiger partial charge is 0.416 e. The van der Waals surface area contributed by atoms with E-state index >= 15 is 0 Å². The number of halogens is 4. The van der Waals surface area contributed by atoms with Crippen LogP contribution in [0.3, 0.4) is 0 Å². The van der Waals surface area contributed by atoms with Gasteiger partial charge in [0.1, 0.15) is 11.9 Å². The van der Waals surface area contributed by atoms with Gasteiger partial charge in [0.25, 0.3) is 0 Å². The van der Waals surface area contributed by atoms with Gasteiger partial charge in [-0.3, -0.25) is 9.59 Å². The van der Waals surface area contributed by atoms with Crippen LogP contribution >= 0.6 is 11.6 Å². The molecule has 4 aromatic rings. The van der Waals surface area contributed by atoms with Crippen LogP contribution in [0.2, 0.25) is 5.02 Å². The summed E-state index contributed by atoms with van der Waals surface area (Å²) in [5.74, 6) is -0.290. The van der Waals surface area contributed by atoms with Crippen LogP contribution in [0, 0.1) is 0 Å². The van der Waals surface area contributed by atoms with Crippen molar-refractivity contribution in [2.45, 2.75) is 38.1 Å². The minimum atomic E-state index is -4.60. The molecule has 0 unspecified atom stereocenters. The molecule has 1 aliphatic rings. The Morgan fingerprint density at radius 2 is 1.76 bits per heavy atom. The number of rotatable bonds is 5. The highest BCUT2D eigenvalue weighted by Crippen LogP contribution is 2.38. The Morgan fingerprint density at radius 3 is 2.49 bits per heavy atom. The first kappa shape index (κ1) is 24.8. The van der Waals surface area contributed by atoms with Crippen molar-refractivity contribution in [1.29, 1.82) is 0 Å². The van der Waals surface area contributed by atoms with Gasteiger partial charge in [-0.25, -0.2) is 4.98 Å². The summed E-state index contributed by atoms with van der Waals surface area (Å²) in [6.45, 7) is 2.21. The van der Waals surface area contributed by atoms with Crippen LogP contribution in [0.5, 0.6) is 0 Å². The molecule has 2 atom stereocenters. The highest BCUT2D eigenvalue weighted by atomic mass is 35.5. The van der Waals surface area contributed by atoms with Crippen molar-refractivity contribution in [2.24, 2.45) is 0 Å². The molecule has 2 heterocycles. The van der Waals surface area contributed by atoms with E-state index in [1.165, 1.54) is 0 Å². The summed E-state index contributed by atoms with van der Waals surface area (Å²) in [6.07, 6.45) is -4.90.